The molecule has 2 N–H and O–H groups in total. The van der Waals surface area contributed by atoms with Gasteiger partial charge in [0.2, 0.25) is 0 Å². The molecule has 0 bridgehead atoms. The van der Waals surface area contributed by atoms with Crippen molar-refractivity contribution in [1.82, 2.24) is 10.3 Å². The van der Waals surface area contributed by atoms with Gasteiger partial charge in [-0.3, -0.25) is 4.98 Å². The van der Waals surface area contributed by atoms with Crippen molar-refractivity contribution in [2.75, 3.05) is 23.3 Å². The van der Waals surface area contributed by atoms with Crippen molar-refractivity contribution in [2.24, 2.45) is 5.92 Å². The quantitative estimate of drug-likeness (QED) is 0.526. The van der Waals surface area contributed by atoms with Crippen LogP contribution in [0.1, 0.15) is 51.7 Å². The first kappa shape index (κ1) is 22.1. The van der Waals surface area contributed by atoms with Gasteiger partial charge in [0.05, 0.1) is 11.2 Å². The molecule has 0 unspecified atom stereocenters. The van der Waals surface area contributed by atoms with Crippen molar-refractivity contribution in [3.8, 4) is 0 Å². The molecule has 168 valence electrons. The van der Waals surface area contributed by atoms with Gasteiger partial charge >= 0.3 is 6.03 Å². The molecule has 2 heterocycles. The standard InChI is InChI=1S/C27H34N4O/c1-19-12-15-31(16-13-19)25-17-21(27(2,3)4)11-10-20(25)18-29-26(32)30-24-9-5-8-23-22(24)7-6-14-28-23/h5-11,14,17,19H,12-13,15-16,18H2,1-4H3,(H2,29,30,32). The molecule has 5 nitrogen and oxygen atoms in total. The number of aromatic nitrogens is 1. The minimum atomic E-state index is -0.209. The predicted molar refractivity (Wildman–Crippen MR) is 133 cm³/mol. The maximum atomic E-state index is 12.7. The van der Waals surface area contributed by atoms with Crippen molar-refractivity contribution in [2.45, 2.75) is 52.5 Å². The average Bonchev–Trinajstić information content (AvgIpc) is 2.78. The molecule has 2 aromatic carbocycles. The van der Waals surface area contributed by atoms with Gasteiger partial charge in [0.15, 0.2) is 0 Å². The summed E-state index contributed by atoms with van der Waals surface area (Å²) in [7, 11) is 0. The van der Waals surface area contributed by atoms with Gasteiger partial charge in [-0.25, -0.2) is 4.79 Å². The Morgan fingerprint density at radius 3 is 2.62 bits per heavy atom. The molecule has 0 saturated carbocycles. The van der Waals surface area contributed by atoms with Gasteiger partial charge < -0.3 is 15.5 Å². The van der Waals surface area contributed by atoms with Crippen LogP contribution in [-0.4, -0.2) is 24.1 Å². The molecule has 3 aromatic rings. The van der Waals surface area contributed by atoms with E-state index in [0.717, 1.165) is 41.2 Å². The van der Waals surface area contributed by atoms with Crippen LogP contribution in [0.5, 0.6) is 0 Å². The smallest absolute Gasteiger partial charge is 0.319 e. The van der Waals surface area contributed by atoms with E-state index < -0.39 is 0 Å². The lowest BCUT2D eigenvalue weighted by Gasteiger charge is -2.34. The van der Waals surface area contributed by atoms with Gasteiger partial charge in [-0.05, 0) is 65.6 Å². The van der Waals surface area contributed by atoms with E-state index in [1.165, 1.54) is 24.1 Å². The number of pyridine rings is 1. The van der Waals surface area contributed by atoms with E-state index in [4.69, 9.17) is 0 Å². The first-order valence-corrected chi connectivity index (χ1v) is 11.6. The zero-order valence-electron chi connectivity index (χ0n) is 19.6. The van der Waals surface area contributed by atoms with Crippen LogP contribution in [-0.2, 0) is 12.0 Å². The van der Waals surface area contributed by atoms with Crippen LogP contribution in [0.15, 0.2) is 54.7 Å². The monoisotopic (exact) mass is 430 g/mol. The number of urea groups is 1. The summed E-state index contributed by atoms with van der Waals surface area (Å²) in [6.45, 7) is 11.7. The molecular formula is C27H34N4O. The number of nitrogens with one attached hydrogen (secondary N) is 2. The van der Waals surface area contributed by atoms with E-state index in [1.807, 2.05) is 30.3 Å². The zero-order chi connectivity index (χ0) is 22.7. The lowest BCUT2D eigenvalue weighted by molar-refractivity contribution is 0.252. The fourth-order valence-electron chi connectivity index (χ4n) is 4.28. The SMILES string of the molecule is CC1CCN(c2cc(C(C)(C)C)ccc2CNC(=O)Nc2cccc3ncccc23)CC1. The second kappa shape index (κ2) is 9.19. The van der Waals surface area contributed by atoms with Crippen molar-refractivity contribution in [1.29, 1.82) is 0 Å². The molecule has 1 fully saturated rings. The number of rotatable bonds is 4. The molecule has 0 aliphatic carbocycles. The van der Waals surface area contributed by atoms with E-state index in [2.05, 4.69) is 66.4 Å². The Hall–Kier alpha value is -3.08. The van der Waals surface area contributed by atoms with Gasteiger partial charge in [-0.1, -0.05) is 45.9 Å². The number of carbonyl (C=O) groups excluding carboxylic acids is 1. The van der Waals surface area contributed by atoms with Crippen LogP contribution >= 0.6 is 0 Å². The Morgan fingerprint density at radius 2 is 1.88 bits per heavy atom. The lowest BCUT2D eigenvalue weighted by atomic mass is 9.85. The van der Waals surface area contributed by atoms with Crippen molar-refractivity contribution in [3.05, 3.63) is 65.9 Å². The third-order valence-corrected chi connectivity index (χ3v) is 6.41. The summed E-state index contributed by atoms with van der Waals surface area (Å²) in [4.78, 5) is 19.6. The number of carbonyl (C=O) groups is 1. The maximum Gasteiger partial charge on any atom is 0.319 e. The van der Waals surface area contributed by atoms with Gasteiger partial charge in [0.25, 0.3) is 0 Å². The van der Waals surface area contributed by atoms with Crippen LogP contribution in [0, 0.1) is 5.92 Å². The van der Waals surface area contributed by atoms with Crippen LogP contribution in [0.25, 0.3) is 10.9 Å². The first-order valence-electron chi connectivity index (χ1n) is 11.6. The van der Waals surface area contributed by atoms with Crippen molar-refractivity contribution in [3.63, 3.8) is 0 Å². The Kier molecular flexibility index (Phi) is 6.35. The Balaban J connectivity index is 1.51. The number of fused-ring (bicyclic) bond motifs is 1. The van der Waals surface area contributed by atoms with E-state index in [-0.39, 0.29) is 11.4 Å². The Bertz CT molecular complexity index is 1090. The van der Waals surface area contributed by atoms with Gasteiger partial charge in [-0.2, -0.15) is 0 Å². The highest BCUT2D eigenvalue weighted by molar-refractivity contribution is 6.00. The predicted octanol–water partition coefficient (Wildman–Crippen LogP) is 6.09. The summed E-state index contributed by atoms with van der Waals surface area (Å²) >= 11 is 0. The topological polar surface area (TPSA) is 57.3 Å². The average molecular weight is 431 g/mol. The molecule has 0 radical (unpaired) electrons. The second-order valence-electron chi connectivity index (χ2n) is 9.95. The van der Waals surface area contributed by atoms with Crippen LogP contribution < -0.4 is 15.5 Å². The molecule has 2 amide bonds. The number of nitrogens with zero attached hydrogens (tertiary/aromatic N) is 2. The number of piperidine rings is 1. The summed E-state index contributed by atoms with van der Waals surface area (Å²) in [6.07, 6.45) is 4.18. The van der Waals surface area contributed by atoms with E-state index in [1.54, 1.807) is 6.20 Å². The van der Waals surface area contributed by atoms with Crippen LogP contribution in [0.3, 0.4) is 0 Å². The summed E-state index contributed by atoms with van der Waals surface area (Å²) in [5, 5.41) is 6.99. The third kappa shape index (κ3) is 5.04. The molecule has 1 aromatic heterocycles. The van der Waals surface area contributed by atoms with Crippen LogP contribution in [0.2, 0.25) is 0 Å². The Labute approximate surface area is 191 Å². The Morgan fingerprint density at radius 1 is 1.09 bits per heavy atom. The van der Waals surface area contributed by atoms with Crippen molar-refractivity contribution >= 4 is 28.3 Å². The lowest BCUT2D eigenvalue weighted by Crippen LogP contribution is -2.35. The number of benzene rings is 2. The fourth-order valence-corrected chi connectivity index (χ4v) is 4.28. The molecule has 5 heteroatoms. The summed E-state index contributed by atoms with van der Waals surface area (Å²) in [5.41, 5.74) is 5.44. The van der Waals surface area contributed by atoms with Gasteiger partial charge in [0, 0.05) is 36.9 Å². The normalized spacial score (nSPS) is 15.1. The second-order valence-corrected chi connectivity index (χ2v) is 9.95. The number of anilines is 2. The van der Waals surface area contributed by atoms with Gasteiger partial charge in [0.1, 0.15) is 0 Å². The minimum Gasteiger partial charge on any atom is -0.371 e. The highest BCUT2D eigenvalue weighted by Crippen LogP contribution is 2.32. The van der Waals surface area contributed by atoms with E-state index in [9.17, 15) is 4.79 Å². The minimum absolute atomic E-state index is 0.0869. The molecule has 1 aliphatic heterocycles. The van der Waals surface area contributed by atoms with Crippen LogP contribution in [0.4, 0.5) is 16.2 Å². The molecule has 0 spiro atoms. The molecule has 0 atom stereocenters. The van der Waals surface area contributed by atoms with E-state index >= 15 is 0 Å². The highest BCUT2D eigenvalue weighted by atomic mass is 16.2. The molecule has 1 saturated heterocycles. The number of hydrogen-bond acceptors (Lipinski definition) is 3. The van der Waals surface area contributed by atoms with Gasteiger partial charge in [-0.15, -0.1) is 0 Å². The summed E-state index contributed by atoms with van der Waals surface area (Å²) in [6, 6.07) is 16.1. The summed E-state index contributed by atoms with van der Waals surface area (Å²) in [5.74, 6) is 0.777. The van der Waals surface area contributed by atoms with Crippen molar-refractivity contribution < 1.29 is 4.79 Å². The summed E-state index contributed by atoms with van der Waals surface area (Å²) < 4.78 is 0. The third-order valence-electron chi connectivity index (χ3n) is 6.41. The highest BCUT2D eigenvalue weighted by Gasteiger charge is 2.22. The molecule has 1 aliphatic rings. The first-order chi connectivity index (χ1) is 15.3. The molecular weight excluding hydrogens is 396 g/mol. The maximum absolute atomic E-state index is 12.7. The number of amides is 2. The molecule has 32 heavy (non-hydrogen) atoms. The molecule has 4 rings (SSSR count). The fraction of sp³-hybridized carbons (Fsp3) is 0.407. The zero-order valence-corrected chi connectivity index (χ0v) is 19.6. The van der Waals surface area contributed by atoms with E-state index in [0.29, 0.717) is 6.54 Å². The largest absolute Gasteiger partial charge is 0.371 e. The number of hydrogen-bond donors (Lipinski definition) is 2.